The van der Waals surface area contributed by atoms with Crippen LogP contribution >= 0.6 is 0 Å². The molecule has 7 bridgehead atoms. The van der Waals surface area contributed by atoms with Gasteiger partial charge in [-0.2, -0.15) is 0 Å². The summed E-state index contributed by atoms with van der Waals surface area (Å²) in [6.07, 6.45) is 10.6. The SMILES string of the molecule is C[C@@H]1C[C@@]23C[C@H]4CCC[C@@]5(CC[C@@]6(OC(CCCCCC(=O)[C@@]7(C[C@H](C)[C@@H](C)CN)CCC(C(=O)OC(C)(C)C)=CC7[C@H](O2)[C@H](O3)[C@@H]1O)CC[C@@]6(C)O)O5)O4. The number of Topliss-reactive ketones (excluding diaryl/α,β-unsaturated/α-hetero) is 1. The number of hydrogen-bond donors (Lipinski definition) is 3. The molecule has 312 valence electrons. The molecular weight excluding hydrogens is 702 g/mol. The zero-order chi connectivity index (χ0) is 39.6. The molecule has 11 nitrogen and oxygen atoms in total. The van der Waals surface area contributed by atoms with Crippen LogP contribution in [0.1, 0.15) is 158 Å². The van der Waals surface area contributed by atoms with Crippen LogP contribution in [0, 0.1) is 29.1 Å². The molecule has 0 aromatic rings. The van der Waals surface area contributed by atoms with Gasteiger partial charge in [-0.15, -0.1) is 0 Å². The van der Waals surface area contributed by atoms with Crippen LogP contribution in [0.15, 0.2) is 11.6 Å². The summed E-state index contributed by atoms with van der Waals surface area (Å²) < 4.78 is 40.7. The molecule has 3 spiro atoms. The average molecular weight is 774 g/mol. The van der Waals surface area contributed by atoms with Crippen LogP contribution in [0.4, 0.5) is 0 Å². The number of carbonyl (C=O) groups is 2. The van der Waals surface area contributed by atoms with Crippen molar-refractivity contribution in [2.45, 2.75) is 217 Å². The highest BCUT2D eigenvalue weighted by Crippen LogP contribution is 2.58. The Bertz CT molecular complexity index is 1460. The van der Waals surface area contributed by atoms with Crippen LogP contribution in [0.25, 0.3) is 0 Å². The molecule has 6 fully saturated rings. The quantitative estimate of drug-likeness (QED) is 0.253. The van der Waals surface area contributed by atoms with Crippen LogP contribution in [-0.2, 0) is 38.0 Å². The van der Waals surface area contributed by atoms with E-state index in [0.717, 1.165) is 51.4 Å². The first-order valence-corrected chi connectivity index (χ1v) is 21.8. The summed E-state index contributed by atoms with van der Waals surface area (Å²) >= 11 is 0. The largest absolute Gasteiger partial charge is 0.457 e. The number of carbonyl (C=O) groups excluding carboxylic acids is 2. The number of esters is 1. The van der Waals surface area contributed by atoms with Crippen molar-refractivity contribution in [3.63, 3.8) is 0 Å². The van der Waals surface area contributed by atoms with Crippen LogP contribution < -0.4 is 5.73 Å². The number of aliphatic hydroxyl groups is 2. The number of hydrogen-bond acceptors (Lipinski definition) is 11. The second-order valence-electron chi connectivity index (χ2n) is 20.2. The van der Waals surface area contributed by atoms with E-state index >= 15 is 4.79 Å². The predicted molar refractivity (Wildman–Crippen MR) is 205 cm³/mol. The molecular formula is C44H71NO10. The minimum absolute atomic E-state index is 0.0415. The van der Waals surface area contributed by atoms with Crippen LogP contribution in [-0.4, -0.2) is 87.6 Å². The van der Waals surface area contributed by atoms with E-state index < -0.39 is 58.2 Å². The topological polar surface area (TPSA) is 156 Å². The molecule has 0 aromatic carbocycles. The third-order valence-electron chi connectivity index (χ3n) is 14.8. The lowest BCUT2D eigenvalue weighted by atomic mass is 9.57. The number of ether oxygens (including phenoxy) is 6. The maximum atomic E-state index is 15.1. The van der Waals surface area contributed by atoms with Gasteiger partial charge in [-0.25, -0.2) is 4.79 Å². The monoisotopic (exact) mass is 774 g/mol. The van der Waals surface area contributed by atoms with Gasteiger partial charge in [0.05, 0.1) is 24.4 Å². The lowest BCUT2D eigenvalue weighted by Crippen LogP contribution is -2.60. The Balaban J connectivity index is 1.29. The highest BCUT2D eigenvalue weighted by molar-refractivity contribution is 5.91. The molecule has 4 N–H and O–H groups in total. The predicted octanol–water partition coefficient (Wildman–Crippen LogP) is 6.78. The Kier molecular flexibility index (Phi) is 11.6. The number of aliphatic hydroxyl groups excluding tert-OH is 1. The first kappa shape index (κ1) is 41.7. The van der Waals surface area contributed by atoms with Gasteiger partial charge >= 0.3 is 5.97 Å². The fraction of sp³-hybridized carbons (Fsp3) is 0.909. The van der Waals surface area contributed by atoms with Crippen LogP contribution in [0.2, 0.25) is 0 Å². The van der Waals surface area contributed by atoms with Gasteiger partial charge in [0.2, 0.25) is 5.79 Å². The lowest BCUT2D eigenvalue weighted by Gasteiger charge is -2.50. The Morgan fingerprint density at radius 1 is 0.891 bits per heavy atom. The maximum absolute atomic E-state index is 15.1. The van der Waals surface area contributed by atoms with Gasteiger partial charge < -0.3 is 44.4 Å². The summed E-state index contributed by atoms with van der Waals surface area (Å²) in [7, 11) is 0. The van der Waals surface area contributed by atoms with Crippen molar-refractivity contribution in [2.75, 3.05) is 6.54 Å². The normalized spacial score (nSPS) is 46.3. The molecule has 14 atom stereocenters. The van der Waals surface area contributed by atoms with Gasteiger partial charge in [-0.3, -0.25) is 4.79 Å². The Labute approximate surface area is 329 Å². The number of rotatable bonds is 5. The van der Waals surface area contributed by atoms with E-state index in [2.05, 4.69) is 13.8 Å². The molecule has 55 heavy (non-hydrogen) atoms. The van der Waals surface area contributed by atoms with Gasteiger partial charge in [0, 0.05) is 55.4 Å². The molecule has 7 aliphatic rings. The van der Waals surface area contributed by atoms with E-state index in [1.165, 1.54) is 0 Å². The number of ketones is 1. The van der Waals surface area contributed by atoms with Crippen LogP contribution in [0.5, 0.6) is 0 Å². The van der Waals surface area contributed by atoms with E-state index in [4.69, 9.17) is 34.2 Å². The summed E-state index contributed by atoms with van der Waals surface area (Å²) in [4.78, 5) is 28.9. The van der Waals surface area contributed by atoms with Crippen LogP contribution in [0.3, 0.4) is 0 Å². The molecule has 0 radical (unpaired) electrons. The van der Waals surface area contributed by atoms with E-state index in [9.17, 15) is 15.0 Å². The van der Waals surface area contributed by atoms with Crippen molar-refractivity contribution in [3.05, 3.63) is 11.6 Å². The third-order valence-corrected chi connectivity index (χ3v) is 14.8. The minimum Gasteiger partial charge on any atom is -0.457 e. The first-order valence-electron chi connectivity index (χ1n) is 21.8. The molecule has 0 amide bonds. The van der Waals surface area contributed by atoms with Gasteiger partial charge in [-0.1, -0.05) is 39.7 Å². The molecule has 2 unspecified atom stereocenters. The van der Waals surface area contributed by atoms with Crippen molar-refractivity contribution >= 4 is 11.8 Å². The van der Waals surface area contributed by atoms with E-state index in [0.29, 0.717) is 69.9 Å². The second kappa shape index (κ2) is 15.3. The highest BCUT2D eigenvalue weighted by atomic mass is 16.8. The molecule has 6 saturated heterocycles. The maximum Gasteiger partial charge on any atom is 0.334 e. The van der Waals surface area contributed by atoms with E-state index in [1.54, 1.807) is 0 Å². The Hall–Kier alpha value is -1.44. The smallest absolute Gasteiger partial charge is 0.334 e. The standard InChI is InChI=1S/C44H71NO10/c1-27(29(3)26-45)23-41-19-15-30(38(48)54-39(4,5)6)22-33(41)36-37-35(47)28(2)24-43(52-36,53-37)25-32-13-11-17-42(50-32)20-21-44(55-42)40(7,49)18-16-31(51-44)12-9-8-10-14-34(41)46/h22,27-29,31-33,35-37,47,49H,8-21,23-26,45H2,1-7H3/t27-,28+,29-,31?,32+,33?,35+,36-,37+,40+,41+,42+,43+,44+/m0/s1. The Morgan fingerprint density at radius 3 is 2.38 bits per heavy atom. The number of nitrogens with two attached hydrogens (primary N) is 1. The van der Waals surface area contributed by atoms with E-state index in [-0.39, 0.29) is 41.7 Å². The molecule has 6 heterocycles. The zero-order valence-electron chi connectivity index (χ0n) is 34.7. The van der Waals surface area contributed by atoms with Crippen molar-refractivity contribution < 1.29 is 48.2 Å². The minimum atomic E-state index is -1.14. The van der Waals surface area contributed by atoms with E-state index in [1.807, 2.05) is 40.7 Å². The van der Waals surface area contributed by atoms with Crippen molar-refractivity contribution in [2.24, 2.45) is 34.8 Å². The molecule has 11 heteroatoms. The summed E-state index contributed by atoms with van der Waals surface area (Å²) in [6, 6.07) is 0. The summed E-state index contributed by atoms with van der Waals surface area (Å²) in [5, 5.41) is 23.6. The van der Waals surface area contributed by atoms with Gasteiger partial charge in [-0.05, 0) is 110 Å². The van der Waals surface area contributed by atoms with Crippen molar-refractivity contribution in [3.8, 4) is 0 Å². The first-order chi connectivity index (χ1) is 25.8. The van der Waals surface area contributed by atoms with Crippen molar-refractivity contribution in [1.82, 2.24) is 0 Å². The molecule has 1 aliphatic carbocycles. The lowest BCUT2D eigenvalue weighted by molar-refractivity contribution is -0.403. The third kappa shape index (κ3) is 8.00. The zero-order valence-corrected chi connectivity index (χ0v) is 34.7. The number of fused-ring (bicyclic) bond motifs is 7. The van der Waals surface area contributed by atoms with Gasteiger partial charge in [0.25, 0.3) is 0 Å². The molecule has 6 aliphatic heterocycles. The summed E-state index contributed by atoms with van der Waals surface area (Å²) in [5.74, 6) is -3.61. The molecule has 0 saturated carbocycles. The highest BCUT2D eigenvalue weighted by Gasteiger charge is 2.66. The fourth-order valence-corrected chi connectivity index (χ4v) is 11.4. The summed E-state index contributed by atoms with van der Waals surface area (Å²) in [5.41, 5.74) is 4.11. The second-order valence-corrected chi connectivity index (χ2v) is 20.2. The van der Waals surface area contributed by atoms with Gasteiger partial charge in [0.15, 0.2) is 11.6 Å². The molecule has 0 aromatic heterocycles. The fourth-order valence-electron chi connectivity index (χ4n) is 11.4. The van der Waals surface area contributed by atoms with Crippen molar-refractivity contribution in [1.29, 1.82) is 0 Å². The molecule has 7 rings (SSSR count). The Morgan fingerprint density at radius 2 is 1.64 bits per heavy atom. The summed E-state index contributed by atoms with van der Waals surface area (Å²) in [6.45, 7) is 14.3. The van der Waals surface area contributed by atoms with Gasteiger partial charge in [0.1, 0.15) is 23.1 Å². The average Bonchev–Trinajstić information content (AvgIpc) is 3.63.